The zero-order valence-electron chi connectivity index (χ0n) is 16.8. The lowest BCUT2D eigenvalue weighted by Gasteiger charge is -2.19. The van der Waals surface area contributed by atoms with Crippen LogP contribution in [-0.2, 0) is 16.4 Å². The molecule has 0 unspecified atom stereocenters. The van der Waals surface area contributed by atoms with E-state index in [-0.39, 0.29) is 22.1 Å². The fraction of sp³-hybridized carbons (Fsp3) is 0.381. The molecule has 0 atom stereocenters. The number of hydrogen-bond donors (Lipinski definition) is 1. The second-order valence-corrected chi connectivity index (χ2v) is 9.86. The van der Waals surface area contributed by atoms with Crippen molar-refractivity contribution in [3.63, 3.8) is 0 Å². The molecule has 1 fully saturated rings. The fourth-order valence-corrected chi connectivity index (χ4v) is 5.86. The molecule has 0 aliphatic carbocycles. The molecule has 8 heteroatoms. The van der Waals surface area contributed by atoms with Crippen LogP contribution >= 0.6 is 15.9 Å². The number of nitrogens with zero attached hydrogens (tertiary/aromatic N) is 1. The van der Waals surface area contributed by atoms with Crippen LogP contribution in [0.25, 0.3) is 0 Å². The summed E-state index contributed by atoms with van der Waals surface area (Å²) in [5, 5.41) is 2.95. The van der Waals surface area contributed by atoms with Crippen molar-refractivity contribution in [3.8, 4) is 5.75 Å². The van der Waals surface area contributed by atoms with Gasteiger partial charge >= 0.3 is 0 Å². The predicted molar refractivity (Wildman–Crippen MR) is 117 cm³/mol. The van der Waals surface area contributed by atoms with E-state index in [1.165, 1.54) is 23.5 Å². The van der Waals surface area contributed by atoms with Gasteiger partial charge < -0.3 is 10.1 Å². The smallest absolute Gasteiger partial charge is 0.255 e. The van der Waals surface area contributed by atoms with Crippen LogP contribution in [-0.4, -0.2) is 38.8 Å². The van der Waals surface area contributed by atoms with E-state index >= 15 is 0 Å². The molecule has 1 aliphatic heterocycles. The van der Waals surface area contributed by atoms with Crippen LogP contribution in [0.3, 0.4) is 0 Å². The number of halogens is 1. The SMILES string of the molecule is CCc1cc(Br)cc(C)c1NC(=O)c1ccc(OC)c(S(=O)(=O)N2CCCC2)c1. The van der Waals surface area contributed by atoms with Crippen LogP contribution < -0.4 is 10.1 Å². The maximum Gasteiger partial charge on any atom is 0.255 e. The monoisotopic (exact) mass is 480 g/mol. The largest absolute Gasteiger partial charge is 0.495 e. The van der Waals surface area contributed by atoms with Crippen LogP contribution in [0, 0.1) is 6.92 Å². The summed E-state index contributed by atoms with van der Waals surface area (Å²) in [5.41, 5.74) is 2.96. The van der Waals surface area contributed by atoms with Gasteiger partial charge in [-0.2, -0.15) is 4.31 Å². The lowest BCUT2D eigenvalue weighted by atomic mass is 10.1. The van der Waals surface area contributed by atoms with E-state index in [4.69, 9.17) is 4.74 Å². The third-order valence-electron chi connectivity index (χ3n) is 5.11. The molecule has 29 heavy (non-hydrogen) atoms. The average Bonchev–Trinajstić information content (AvgIpc) is 3.24. The highest BCUT2D eigenvalue weighted by Gasteiger charge is 2.30. The first-order chi connectivity index (χ1) is 13.8. The van der Waals surface area contributed by atoms with Gasteiger partial charge in [0, 0.05) is 28.8 Å². The van der Waals surface area contributed by atoms with Gasteiger partial charge in [0.05, 0.1) is 7.11 Å². The Morgan fingerprint density at radius 2 is 1.90 bits per heavy atom. The number of benzene rings is 2. The number of anilines is 1. The second-order valence-electron chi connectivity index (χ2n) is 7.04. The van der Waals surface area contributed by atoms with Gasteiger partial charge in [-0.3, -0.25) is 4.79 Å². The van der Waals surface area contributed by atoms with Gasteiger partial charge in [0.25, 0.3) is 5.91 Å². The maximum absolute atomic E-state index is 13.0. The number of carbonyl (C=O) groups is 1. The first-order valence-corrected chi connectivity index (χ1v) is 11.8. The van der Waals surface area contributed by atoms with Crippen molar-refractivity contribution >= 4 is 37.5 Å². The molecule has 1 amide bonds. The number of methoxy groups -OCH3 is 1. The topological polar surface area (TPSA) is 75.7 Å². The molecule has 0 aromatic heterocycles. The molecule has 2 aromatic rings. The molecule has 6 nitrogen and oxygen atoms in total. The van der Waals surface area contributed by atoms with Crippen molar-refractivity contribution in [1.29, 1.82) is 0 Å². The van der Waals surface area contributed by atoms with Crippen molar-refractivity contribution in [2.24, 2.45) is 0 Å². The lowest BCUT2D eigenvalue weighted by Crippen LogP contribution is -2.28. The van der Waals surface area contributed by atoms with Gasteiger partial charge in [0.15, 0.2) is 0 Å². The Morgan fingerprint density at radius 1 is 1.21 bits per heavy atom. The van der Waals surface area contributed by atoms with Gasteiger partial charge in [-0.15, -0.1) is 0 Å². The Morgan fingerprint density at radius 3 is 2.52 bits per heavy atom. The minimum Gasteiger partial charge on any atom is -0.495 e. The highest BCUT2D eigenvalue weighted by molar-refractivity contribution is 9.10. The number of carbonyl (C=O) groups excluding carboxylic acids is 1. The Hall–Kier alpha value is -1.90. The summed E-state index contributed by atoms with van der Waals surface area (Å²) in [5.74, 6) is -0.117. The first-order valence-electron chi connectivity index (χ1n) is 9.56. The van der Waals surface area contributed by atoms with E-state index in [1.807, 2.05) is 26.0 Å². The molecule has 0 spiro atoms. The molecule has 2 aromatic carbocycles. The van der Waals surface area contributed by atoms with E-state index in [0.717, 1.165) is 40.5 Å². The summed E-state index contributed by atoms with van der Waals surface area (Å²) < 4.78 is 33.8. The molecule has 1 aliphatic rings. The second kappa shape index (κ2) is 8.85. The van der Waals surface area contributed by atoms with Gasteiger partial charge in [0.2, 0.25) is 10.0 Å². The van der Waals surface area contributed by atoms with E-state index < -0.39 is 10.0 Å². The summed E-state index contributed by atoms with van der Waals surface area (Å²) in [6.45, 7) is 4.92. The Bertz CT molecular complexity index is 1030. The summed E-state index contributed by atoms with van der Waals surface area (Å²) in [6, 6.07) is 8.43. The van der Waals surface area contributed by atoms with E-state index in [9.17, 15) is 13.2 Å². The van der Waals surface area contributed by atoms with E-state index in [1.54, 1.807) is 6.07 Å². The lowest BCUT2D eigenvalue weighted by molar-refractivity contribution is 0.102. The summed E-state index contributed by atoms with van der Waals surface area (Å²) in [6.07, 6.45) is 2.43. The van der Waals surface area contributed by atoms with Crippen molar-refractivity contribution in [2.45, 2.75) is 38.0 Å². The molecule has 156 valence electrons. The normalized spacial score (nSPS) is 14.8. The van der Waals surface area contributed by atoms with Gasteiger partial charge in [-0.25, -0.2) is 8.42 Å². The number of nitrogens with one attached hydrogen (secondary N) is 1. The highest BCUT2D eigenvalue weighted by atomic mass is 79.9. The van der Waals surface area contributed by atoms with Crippen LogP contribution in [0.1, 0.15) is 41.3 Å². The van der Waals surface area contributed by atoms with Crippen LogP contribution in [0.4, 0.5) is 5.69 Å². The Labute approximate surface area is 180 Å². The number of ether oxygens (including phenoxy) is 1. The van der Waals surface area contributed by atoms with Gasteiger partial charge in [-0.05, 0) is 67.6 Å². The molecule has 0 saturated carbocycles. The van der Waals surface area contributed by atoms with Gasteiger partial charge in [-0.1, -0.05) is 22.9 Å². The summed E-state index contributed by atoms with van der Waals surface area (Å²) in [4.78, 5) is 13.0. The van der Waals surface area contributed by atoms with Crippen LogP contribution in [0.5, 0.6) is 5.75 Å². The Balaban J connectivity index is 1.97. The standard InChI is InChI=1S/C21H25BrN2O4S/c1-4-15-12-17(22)11-14(2)20(15)23-21(25)16-7-8-18(28-3)19(13-16)29(26,27)24-9-5-6-10-24/h7-8,11-13H,4-6,9-10H2,1-3H3,(H,23,25). The maximum atomic E-state index is 13.0. The first kappa shape index (κ1) is 21.8. The minimum atomic E-state index is -3.71. The molecular weight excluding hydrogens is 456 g/mol. The third-order valence-corrected chi connectivity index (χ3v) is 7.49. The van der Waals surface area contributed by atoms with E-state index in [2.05, 4.69) is 21.2 Å². The number of amides is 1. The van der Waals surface area contributed by atoms with E-state index in [0.29, 0.717) is 13.1 Å². The molecule has 0 radical (unpaired) electrons. The quantitative estimate of drug-likeness (QED) is 0.665. The summed E-state index contributed by atoms with van der Waals surface area (Å²) >= 11 is 3.48. The third kappa shape index (κ3) is 4.49. The van der Waals surface area contributed by atoms with Crippen LogP contribution in [0.15, 0.2) is 39.7 Å². The predicted octanol–water partition coefficient (Wildman–Crippen LogP) is 4.37. The fourth-order valence-electron chi connectivity index (χ4n) is 3.54. The van der Waals surface area contributed by atoms with Crippen molar-refractivity contribution in [2.75, 3.05) is 25.5 Å². The molecular formula is C21H25BrN2O4S. The average molecular weight is 481 g/mol. The van der Waals surface area contributed by atoms with Gasteiger partial charge in [0.1, 0.15) is 10.6 Å². The molecule has 0 bridgehead atoms. The number of hydrogen-bond acceptors (Lipinski definition) is 4. The molecule has 1 heterocycles. The zero-order chi connectivity index (χ0) is 21.2. The highest BCUT2D eigenvalue weighted by Crippen LogP contribution is 2.31. The summed E-state index contributed by atoms with van der Waals surface area (Å²) in [7, 11) is -2.29. The minimum absolute atomic E-state index is 0.0257. The molecule has 3 rings (SSSR count). The number of rotatable bonds is 6. The molecule has 1 saturated heterocycles. The van der Waals surface area contributed by atoms with Crippen molar-refractivity contribution < 1.29 is 17.9 Å². The van der Waals surface area contributed by atoms with Crippen molar-refractivity contribution in [3.05, 3.63) is 51.5 Å². The molecule has 1 N–H and O–H groups in total. The van der Waals surface area contributed by atoms with Crippen molar-refractivity contribution in [1.82, 2.24) is 4.31 Å². The number of aryl methyl sites for hydroxylation is 2. The zero-order valence-corrected chi connectivity index (χ0v) is 19.2. The Kier molecular flexibility index (Phi) is 6.65. The van der Waals surface area contributed by atoms with Crippen LogP contribution in [0.2, 0.25) is 0 Å². The number of sulfonamides is 1.